The molecule has 290 valence electrons. The molecule has 5 rings (SSSR count). The summed E-state index contributed by atoms with van der Waals surface area (Å²) in [4.78, 5) is 70.9. The van der Waals surface area contributed by atoms with Gasteiger partial charge in [0.15, 0.2) is 6.10 Å². The molecule has 0 unspecified atom stereocenters. The molecule has 1 saturated carbocycles. The van der Waals surface area contributed by atoms with Gasteiger partial charge in [-0.2, -0.15) is 0 Å². The van der Waals surface area contributed by atoms with Gasteiger partial charge in [-0.25, -0.2) is 9.78 Å². The third-order valence-electron chi connectivity index (χ3n) is 10.6. The standard InChI is InChI=1S/C41H52N4O8S/c1-23(2)34(20-35(53-25(5)46)38-43-33(22-54-38)37(47)42-27-18-16-26(17-19-27)40(49)51-7)45(6)39(48)36(24(3)4)44-41(50)52-21-32-30-14-10-8-12-28(30)29-13-9-11-15-31(29)32/h8-15,22-24,26-27,32,34-36H,16-21H2,1-7H3,(H,42,47)(H,44,50)/t26?,27?,34-,35+,36-/m0/s1. The number of thiazole rings is 1. The molecule has 2 aliphatic carbocycles. The Morgan fingerprint density at radius 3 is 2.07 bits per heavy atom. The highest BCUT2D eigenvalue weighted by molar-refractivity contribution is 7.09. The van der Waals surface area contributed by atoms with Crippen molar-refractivity contribution in [2.45, 2.75) is 96.9 Å². The minimum atomic E-state index is -0.878. The predicted octanol–water partition coefficient (Wildman–Crippen LogP) is 6.65. The lowest BCUT2D eigenvalue weighted by Crippen LogP contribution is -2.54. The van der Waals surface area contributed by atoms with Crippen molar-refractivity contribution in [1.29, 1.82) is 0 Å². The van der Waals surface area contributed by atoms with Crippen LogP contribution in [0.1, 0.15) is 105 Å². The van der Waals surface area contributed by atoms with Crippen LogP contribution in [0.5, 0.6) is 0 Å². The summed E-state index contributed by atoms with van der Waals surface area (Å²) in [5.74, 6) is -1.98. The Bertz CT molecular complexity index is 1770. The molecule has 3 amide bonds. The van der Waals surface area contributed by atoms with E-state index in [9.17, 15) is 24.0 Å². The molecule has 54 heavy (non-hydrogen) atoms. The van der Waals surface area contributed by atoms with Gasteiger partial charge in [0.05, 0.1) is 13.0 Å². The third-order valence-corrected chi connectivity index (χ3v) is 11.5. The highest BCUT2D eigenvalue weighted by Crippen LogP contribution is 2.44. The molecule has 3 aromatic rings. The summed E-state index contributed by atoms with van der Waals surface area (Å²) in [5.41, 5.74) is 4.65. The number of aromatic nitrogens is 1. The third kappa shape index (κ3) is 9.47. The van der Waals surface area contributed by atoms with Crippen molar-refractivity contribution >= 4 is 41.2 Å². The fourth-order valence-electron chi connectivity index (χ4n) is 7.60. The monoisotopic (exact) mass is 760 g/mol. The molecule has 0 aliphatic heterocycles. The zero-order valence-electron chi connectivity index (χ0n) is 32.1. The Labute approximate surface area is 321 Å². The number of methoxy groups -OCH3 is 1. The average Bonchev–Trinajstić information content (AvgIpc) is 3.77. The van der Waals surface area contributed by atoms with E-state index in [1.807, 2.05) is 64.1 Å². The topological polar surface area (TPSA) is 153 Å². The maximum Gasteiger partial charge on any atom is 0.407 e. The largest absolute Gasteiger partial charge is 0.469 e. The number of fused-ring (bicyclic) bond motifs is 3. The Kier molecular flexibility index (Phi) is 13.5. The number of likely N-dealkylation sites (N-methyl/N-ethyl adjacent to an activating group) is 1. The number of carbonyl (C=O) groups excluding carboxylic acids is 5. The van der Waals surface area contributed by atoms with E-state index in [0.29, 0.717) is 30.7 Å². The van der Waals surface area contributed by atoms with Crippen LogP contribution < -0.4 is 10.6 Å². The van der Waals surface area contributed by atoms with Crippen LogP contribution in [0, 0.1) is 17.8 Å². The highest BCUT2D eigenvalue weighted by atomic mass is 32.1. The van der Waals surface area contributed by atoms with Crippen molar-refractivity contribution in [3.63, 3.8) is 0 Å². The lowest BCUT2D eigenvalue weighted by molar-refractivity contribution is -0.149. The van der Waals surface area contributed by atoms with Gasteiger partial charge in [0.2, 0.25) is 5.91 Å². The fourth-order valence-corrected chi connectivity index (χ4v) is 8.44. The Balaban J connectivity index is 1.22. The number of nitrogens with zero attached hydrogens (tertiary/aromatic N) is 2. The van der Waals surface area contributed by atoms with Gasteiger partial charge < -0.3 is 29.7 Å². The van der Waals surface area contributed by atoms with Gasteiger partial charge in [-0.1, -0.05) is 76.2 Å². The smallest absolute Gasteiger partial charge is 0.407 e. The van der Waals surface area contributed by atoms with E-state index in [2.05, 4.69) is 27.8 Å². The van der Waals surface area contributed by atoms with Crippen LogP contribution >= 0.6 is 11.3 Å². The zero-order valence-corrected chi connectivity index (χ0v) is 32.9. The van der Waals surface area contributed by atoms with E-state index in [1.54, 1.807) is 17.3 Å². The second-order valence-electron chi connectivity index (χ2n) is 14.9. The van der Waals surface area contributed by atoms with Gasteiger partial charge >= 0.3 is 18.0 Å². The molecule has 1 fully saturated rings. The quantitative estimate of drug-likeness (QED) is 0.136. The molecular formula is C41H52N4O8S. The number of nitrogens with one attached hydrogen (secondary N) is 2. The molecule has 1 aromatic heterocycles. The lowest BCUT2D eigenvalue weighted by Gasteiger charge is -2.36. The number of carbonyl (C=O) groups is 5. The molecule has 0 bridgehead atoms. The van der Waals surface area contributed by atoms with Gasteiger partial charge in [0.25, 0.3) is 5.91 Å². The normalized spacial score (nSPS) is 18.2. The summed E-state index contributed by atoms with van der Waals surface area (Å²) in [6.07, 6.45) is 1.31. The molecule has 2 aromatic carbocycles. The van der Waals surface area contributed by atoms with E-state index >= 15 is 0 Å². The second-order valence-corrected chi connectivity index (χ2v) is 15.8. The number of hydrogen-bond acceptors (Lipinski definition) is 10. The van der Waals surface area contributed by atoms with Crippen molar-refractivity contribution in [2.75, 3.05) is 20.8 Å². The maximum absolute atomic E-state index is 14.1. The van der Waals surface area contributed by atoms with Gasteiger partial charge in [-0.3, -0.25) is 19.2 Å². The highest BCUT2D eigenvalue weighted by Gasteiger charge is 2.36. The number of benzene rings is 2. The minimum absolute atomic E-state index is 0.0675. The minimum Gasteiger partial charge on any atom is -0.469 e. The molecule has 13 heteroatoms. The van der Waals surface area contributed by atoms with Crippen LogP contribution in [-0.4, -0.2) is 78.6 Å². The molecule has 2 aliphatic rings. The van der Waals surface area contributed by atoms with Crippen LogP contribution in [0.2, 0.25) is 0 Å². The molecular weight excluding hydrogens is 709 g/mol. The number of hydrogen-bond donors (Lipinski definition) is 2. The summed E-state index contributed by atoms with van der Waals surface area (Å²) in [6, 6.07) is 14.8. The summed E-state index contributed by atoms with van der Waals surface area (Å²) in [6.45, 7) is 9.10. The molecule has 3 atom stereocenters. The van der Waals surface area contributed by atoms with Crippen LogP contribution in [0.15, 0.2) is 53.9 Å². The molecule has 0 radical (unpaired) electrons. The second kappa shape index (κ2) is 18.0. The first-order valence-electron chi connectivity index (χ1n) is 18.7. The van der Waals surface area contributed by atoms with Crippen molar-refractivity contribution < 1.29 is 38.2 Å². The fraction of sp³-hybridized carbons (Fsp3) is 0.512. The van der Waals surface area contributed by atoms with E-state index in [1.165, 1.54) is 25.4 Å². The number of esters is 2. The van der Waals surface area contributed by atoms with Crippen LogP contribution in [0.25, 0.3) is 11.1 Å². The van der Waals surface area contributed by atoms with Gasteiger partial charge in [-0.15, -0.1) is 11.3 Å². The van der Waals surface area contributed by atoms with E-state index in [4.69, 9.17) is 14.2 Å². The van der Waals surface area contributed by atoms with Gasteiger partial charge in [0.1, 0.15) is 23.4 Å². The molecule has 0 spiro atoms. The molecule has 1 heterocycles. The van der Waals surface area contributed by atoms with Crippen molar-refractivity contribution in [1.82, 2.24) is 20.5 Å². The average molecular weight is 761 g/mol. The van der Waals surface area contributed by atoms with Crippen molar-refractivity contribution in [2.24, 2.45) is 17.8 Å². The number of ether oxygens (including phenoxy) is 3. The van der Waals surface area contributed by atoms with Crippen LogP contribution in [-0.2, 0) is 28.6 Å². The first-order chi connectivity index (χ1) is 25.8. The van der Waals surface area contributed by atoms with E-state index in [0.717, 1.165) is 22.3 Å². The molecule has 0 saturated heterocycles. The van der Waals surface area contributed by atoms with Gasteiger partial charge in [-0.05, 0) is 59.8 Å². The maximum atomic E-state index is 14.1. The first-order valence-corrected chi connectivity index (χ1v) is 19.6. The summed E-state index contributed by atoms with van der Waals surface area (Å²) in [5, 5.41) is 7.91. The SMILES string of the molecule is COC(=O)C1CCC(NC(=O)c2csc([C@@H](C[C@@H](C(C)C)N(C)C(=O)[C@@H](NC(=O)OCC3c4ccccc4-c4ccccc43)C(C)C)OC(C)=O)n2)CC1. The number of alkyl carbamates (subject to hydrolysis) is 1. The summed E-state index contributed by atoms with van der Waals surface area (Å²) >= 11 is 1.21. The van der Waals surface area contributed by atoms with Crippen LogP contribution in [0.4, 0.5) is 4.79 Å². The molecule has 2 N–H and O–H groups in total. The van der Waals surface area contributed by atoms with E-state index in [-0.39, 0.29) is 66.2 Å². The summed E-state index contributed by atoms with van der Waals surface area (Å²) in [7, 11) is 3.07. The Hall–Kier alpha value is -4.78. The number of amides is 3. The predicted molar refractivity (Wildman–Crippen MR) is 205 cm³/mol. The Morgan fingerprint density at radius 2 is 1.52 bits per heavy atom. The van der Waals surface area contributed by atoms with Crippen molar-refractivity contribution in [3.8, 4) is 11.1 Å². The summed E-state index contributed by atoms with van der Waals surface area (Å²) < 4.78 is 16.4. The molecule has 12 nitrogen and oxygen atoms in total. The van der Waals surface area contributed by atoms with Crippen LogP contribution in [0.3, 0.4) is 0 Å². The number of rotatable bonds is 14. The Morgan fingerprint density at radius 1 is 0.907 bits per heavy atom. The van der Waals surface area contributed by atoms with E-state index < -0.39 is 30.3 Å². The van der Waals surface area contributed by atoms with Gasteiger partial charge in [0, 0.05) is 43.8 Å². The lowest BCUT2D eigenvalue weighted by atomic mass is 9.86. The van der Waals surface area contributed by atoms with Crippen molar-refractivity contribution in [3.05, 3.63) is 75.7 Å². The zero-order chi connectivity index (χ0) is 39.1. The first kappa shape index (κ1) is 40.4.